The summed E-state index contributed by atoms with van der Waals surface area (Å²) >= 11 is 0. The fourth-order valence-electron chi connectivity index (χ4n) is 3.60. The number of imidazole rings is 1. The topological polar surface area (TPSA) is 74.0 Å². The number of rotatable bonds is 3. The van der Waals surface area contributed by atoms with Crippen LogP contribution in [-0.2, 0) is 0 Å². The number of nitrogens with zero attached hydrogens (tertiary/aromatic N) is 2. The van der Waals surface area contributed by atoms with Gasteiger partial charge in [0.25, 0.3) is 5.91 Å². The van der Waals surface area contributed by atoms with Crippen molar-refractivity contribution in [3.8, 4) is 5.75 Å². The molecule has 1 amide bonds. The normalized spacial score (nSPS) is 17.8. The monoisotopic (exact) mass is 338 g/mol. The molecule has 1 atom stereocenters. The number of amides is 1. The van der Waals surface area contributed by atoms with Gasteiger partial charge in [0.15, 0.2) is 0 Å². The third-order valence-corrected chi connectivity index (χ3v) is 4.94. The SMILES string of the molecule is COc1ccc2[nH]cc(C(=O)N3CCC[C@H](c4ncc(C)[nH]4)C3)c2c1. The summed E-state index contributed by atoms with van der Waals surface area (Å²) in [6, 6.07) is 5.75. The van der Waals surface area contributed by atoms with Gasteiger partial charge in [-0.15, -0.1) is 0 Å². The van der Waals surface area contributed by atoms with Crippen molar-refractivity contribution in [3.05, 3.63) is 47.7 Å². The van der Waals surface area contributed by atoms with Crippen molar-refractivity contribution in [2.75, 3.05) is 20.2 Å². The van der Waals surface area contributed by atoms with E-state index in [2.05, 4.69) is 15.0 Å². The number of carbonyl (C=O) groups is 1. The van der Waals surface area contributed by atoms with E-state index in [1.165, 1.54) is 0 Å². The number of nitrogens with one attached hydrogen (secondary N) is 2. The molecule has 2 aromatic heterocycles. The number of aromatic amines is 2. The lowest BCUT2D eigenvalue weighted by atomic mass is 9.96. The Bertz CT molecular complexity index is 911. The number of hydrogen-bond acceptors (Lipinski definition) is 3. The van der Waals surface area contributed by atoms with Crippen LogP contribution in [0.5, 0.6) is 5.75 Å². The third kappa shape index (κ3) is 2.88. The van der Waals surface area contributed by atoms with E-state index in [9.17, 15) is 4.79 Å². The van der Waals surface area contributed by atoms with Crippen LogP contribution in [0, 0.1) is 6.92 Å². The lowest BCUT2D eigenvalue weighted by Gasteiger charge is -2.31. The highest BCUT2D eigenvalue weighted by molar-refractivity contribution is 6.07. The molecule has 0 spiro atoms. The molecule has 130 valence electrons. The maximum atomic E-state index is 13.1. The van der Waals surface area contributed by atoms with Gasteiger partial charge in [0, 0.05) is 48.0 Å². The maximum absolute atomic E-state index is 13.1. The fourth-order valence-corrected chi connectivity index (χ4v) is 3.60. The van der Waals surface area contributed by atoms with Crippen LogP contribution >= 0.6 is 0 Å². The number of carbonyl (C=O) groups excluding carboxylic acids is 1. The van der Waals surface area contributed by atoms with Crippen LogP contribution in [0.15, 0.2) is 30.6 Å². The van der Waals surface area contributed by atoms with Gasteiger partial charge in [0.2, 0.25) is 0 Å². The largest absolute Gasteiger partial charge is 0.497 e. The van der Waals surface area contributed by atoms with E-state index in [4.69, 9.17) is 4.74 Å². The Hall–Kier alpha value is -2.76. The van der Waals surface area contributed by atoms with Crippen LogP contribution in [0.25, 0.3) is 10.9 Å². The summed E-state index contributed by atoms with van der Waals surface area (Å²) in [5.41, 5.74) is 2.70. The summed E-state index contributed by atoms with van der Waals surface area (Å²) in [7, 11) is 1.63. The molecule has 6 nitrogen and oxygen atoms in total. The van der Waals surface area contributed by atoms with Crippen LogP contribution < -0.4 is 4.74 Å². The molecule has 0 saturated carbocycles. The van der Waals surface area contributed by atoms with Crippen LogP contribution in [-0.4, -0.2) is 46.0 Å². The van der Waals surface area contributed by atoms with Crippen molar-refractivity contribution in [3.63, 3.8) is 0 Å². The molecule has 25 heavy (non-hydrogen) atoms. The fraction of sp³-hybridized carbons (Fsp3) is 0.368. The molecule has 0 radical (unpaired) electrons. The van der Waals surface area contributed by atoms with Crippen LogP contribution in [0.4, 0.5) is 0 Å². The molecule has 0 bridgehead atoms. The lowest BCUT2D eigenvalue weighted by molar-refractivity contribution is 0.0707. The Morgan fingerprint density at radius 3 is 3.04 bits per heavy atom. The van der Waals surface area contributed by atoms with Gasteiger partial charge in [0.1, 0.15) is 11.6 Å². The summed E-state index contributed by atoms with van der Waals surface area (Å²) < 4.78 is 5.30. The van der Waals surface area contributed by atoms with Crippen molar-refractivity contribution < 1.29 is 9.53 Å². The van der Waals surface area contributed by atoms with Crippen molar-refractivity contribution in [2.24, 2.45) is 0 Å². The van der Waals surface area contributed by atoms with Crippen LogP contribution in [0.1, 0.15) is 40.6 Å². The number of H-pyrrole nitrogens is 2. The van der Waals surface area contributed by atoms with E-state index in [-0.39, 0.29) is 11.8 Å². The Kier molecular flexibility index (Phi) is 3.95. The summed E-state index contributed by atoms with van der Waals surface area (Å²) in [5, 5.41) is 0.903. The molecule has 2 N–H and O–H groups in total. The molecule has 3 heterocycles. The predicted molar refractivity (Wildman–Crippen MR) is 96.1 cm³/mol. The first-order chi connectivity index (χ1) is 12.2. The molecule has 1 aromatic carbocycles. The van der Waals surface area contributed by atoms with Gasteiger partial charge in [-0.1, -0.05) is 0 Å². The second kappa shape index (κ2) is 6.27. The number of aryl methyl sites for hydroxylation is 1. The van der Waals surface area contributed by atoms with E-state index in [1.807, 2.05) is 36.2 Å². The molecule has 1 aliphatic rings. The molecule has 1 fully saturated rings. The van der Waals surface area contributed by atoms with Crippen LogP contribution in [0.3, 0.4) is 0 Å². The molecule has 0 aliphatic carbocycles. The van der Waals surface area contributed by atoms with Crippen molar-refractivity contribution in [1.82, 2.24) is 19.9 Å². The first kappa shape index (κ1) is 15.7. The third-order valence-electron chi connectivity index (χ3n) is 4.94. The highest BCUT2D eigenvalue weighted by Crippen LogP contribution is 2.29. The summed E-state index contributed by atoms with van der Waals surface area (Å²) in [6.07, 6.45) is 5.69. The zero-order valence-corrected chi connectivity index (χ0v) is 14.5. The standard InChI is InChI=1S/C19H22N4O2/c1-12-9-21-18(22-12)13-4-3-7-23(11-13)19(24)16-10-20-17-6-5-14(25-2)8-15(16)17/h5-6,8-10,13,20H,3-4,7,11H2,1-2H3,(H,21,22)/t13-/m0/s1. The highest BCUT2D eigenvalue weighted by atomic mass is 16.5. The lowest BCUT2D eigenvalue weighted by Crippen LogP contribution is -2.39. The van der Waals surface area contributed by atoms with Gasteiger partial charge in [-0.25, -0.2) is 4.98 Å². The molecule has 1 saturated heterocycles. The smallest absolute Gasteiger partial charge is 0.256 e. The van der Waals surface area contributed by atoms with Gasteiger partial charge >= 0.3 is 0 Å². The van der Waals surface area contributed by atoms with Gasteiger partial charge < -0.3 is 19.6 Å². The minimum absolute atomic E-state index is 0.0625. The van der Waals surface area contributed by atoms with E-state index in [0.29, 0.717) is 12.1 Å². The summed E-state index contributed by atoms with van der Waals surface area (Å²) in [4.78, 5) is 26.0. The number of ether oxygens (including phenoxy) is 1. The number of piperidine rings is 1. The van der Waals surface area contributed by atoms with E-state index >= 15 is 0 Å². The van der Waals surface area contributed by atoms with E-state index < -0.39 is 0 Å². The van der Waals surface area contributed by atoms with Crippen LogP contribution in [0.2, 0.25) is 0 Å². The summed E-state index contributed by atoms with van der Waals surface area (Å²) in [6.45, 7) is 3.48. The average molecular weight is 338 g/mol. The number of methoxy groups -OCH3 is 1. The van der Waals surface area contributed by atoms with Gasteiger partial charge in [0.05, 0.1) is 12.7 Å². The number of hydrogen-bond donors (Lipinski definition) is 2. The predicted octanol–water partition coefficient (Wildman–Crippen LogP) is 3.23. The molecule has 1 aliphatic heterocycles. The molecule has 4 rings (SSSR count). The highest BCUT2D eigenvalue weighted by Gasteiger charge is 2.28. The van der Waals surface area contributed by atoms with E-state index in [1.54, 1.807) is 13.3 Å². The van der Waals surface area contributed by atoms with Gasteiger partial charge in [-0.2, -0.15) is 0 Å². The van der Waals surface area contributed by atoms with Gasteiger partial charge in [-0.05, 0) is 38.0 Å². The zero-order valence-electron chi connectivity index (χ0n) is 14.5. The molecule has 6 heteroatoms. The Morgan fingerprint density at radius 2 is 2.28 bits per heavy atom. The van der Waals surface area contributed by atoms with Crippen molar-refractivity contribution >= 4 is 16.8 Å². The molecular formula is C19H22N4O2. The average Bonchev–Trinajstić information content (AvgIpc) is 3.27. The van der Waals surface area contributed by atoms with Crippen molar-refractivity contribution in [2.45, 2.75) is 25.7 Å². The second-order valence-corrected chi connectivity index (χ2v) is 6.66. The Balaban J connectivity index is 1.60. The molecule has 0 unspecified atom stereocenters. The first-order valence-corrected chi connectivity index (χ1v) is 8.61. The Morgan fingerprint density at radius 1 is 1.40 bits per heavy atom. The number of benzene rings is 1. The quantitative estimate of drug-likeness (QED) is 0.770. The van der Waals surface area contributed by atoms with Gasteiger partial charge in [-0.3, -0.25) is 4.79 Å². The Labute approximate surface area is 146 Å². The minimum Gasteiger partial charge on any atom is -0.497 e. The minimum atomic E-state index is 0.0625. The second-order valence-electron chi connectivity index (χ2n) is 6.66. The number of aromatic nitrogens is 3. The molecular weight excluding hydrogens is 316 g/mol. The first-order valence-electron chi connectivity index (χ1n) is 8.61. The summed E-state index contributed by atoms with van der Waals surface area (Å²) in [5.74, 6) is 2.07. The number of likely N-dealkylation sites (tertiary alicyclic amines) is 1. The number of fused-ring (bicyclic) bond motifs is 1. The van der Waals surface area contributed by atoms with Crippen molar-refractivity contribution in [1.29, 1.82) is 0 Å². The van der Waals surface area contributed by atoms with E-state index in [0.717, 1.165) is 47.6 Å². The maximum Gasteiger partial charge on any atom is 0.256 e. The zero-order chi connectivity index (χ0) is 17.4. The molecule has 3 aromatic rings.